The topological polar surface area (TPSA) is 138 Å². The molecular formula is C7H10N4O5S2. The van der Waals surface area contributed by atoms with Gasteiger partial charge in [-0.1, -0.05) is 11.3 Å². The first-order chi connectivity index (χ1) is 8.22. The molecule has 0 aliphatic carbocycles. The van der Waals surface area contributed by atoms with Crippen LogP contribution in [0.5, 0.6) is 0 Å². The second-order valence-electron chi connectivity index (χ2n) is 3.24. The molecule has 0 bridgehead atoms. The van der Waals surface area contributed by atoms with Crippen LogP contribution >= 0.6 is 11.3 Å². The minimum atomic E-state index is -4.06. The molecule has 1 aromatic heterocycles. The molecule has 0 saturated carbocycles. The molecular weight excluding hydrogens is 284 g/mol. The predicted octanol–water partition coefficient (Wildman–Crippen LogP) is -0.752. The van der Waals surface area contributed by atoms with E-state index in [-0.39, 0.29) is 5.13 Å². The molecule has 0 aromatic carbocycles. The highest BCUT2D eigenvalue weighted by atomic mass is 32.2. The maximum Gasteiger partial charge on any atom is 0.321 e. The minimum Gasteiger partial charge on any atom is -0.480 e. The van der Waals surface area contributed by atoms with Crippen molar-refractivity contribution in [2.75, 3.05) is 5.32 Å². The van der Waals surface area contributed by atoms with Gasteiger partial charge < -0.3 is 10.4 Å². The van der Waals surface area contributed by atoms with Crippen molar-refractivity contribution < 1.29 is 23.1 Å². The number of carboxylic acid groups (broad SMARTS) is 1. The molecule has 1 atom stereocenters. The zero-order valence-electron chi connectivity index (χ0n) is 9.37. The molecule has 1 heterocycles. The van der Waals surface area contributed by atoms with E-state index in [4.69, 9.17) is 5.11 Å². The van der Waals surface area contributed by atoms with Crippen LogP contribution in [0.1, 0.15) is 13.8 Å². The first-order valence-corrected chi connectivity index (χ1v) is 6.88. The largest absolute Gasteiger partial charge is 0.480 e. The fourth-order valence-corrected chi connectivity index (χ4v) is 3.01. The second-order valence-corrected chi connectivity index (χ2v) is 6.10. The zero-order valence-corrected chi connectivity index (χ0v) is 11.0. The summed E-state index contributed by atoms with van der Waals surface area (Å²) in [6, 6.07) is -1.29. The number of carbonyl (C=O) groups is 2. The number of hydrogen-bond acceptors (Lipinski definition) is 7. The van der Waals surface area contributed by atoms with Gasteiger partial charge in [0, 0.05) is 6.92 Å². The summed E-state index contributed by atoms with van der Waals surface area (Å²) in [7, 11) is -4.06. The van der Waals surface area contributed by atoms with Gasteiger partial charge in [-0.2, -0.15) is 4.72 Å². The summed E-state index contributed by atoms with van der Waals surface area (Å²) in [5.41, 5.74) is 0. The lowest BCUT2D eigenvalue weighted by Crippen LogP contribution is -2.38. The number of hydrogen-bond donors (Lipinski definition) is 3. The van der Waals surface area contributed by atoms with Crippen LogP contribution in [0.15, 0.2) is 4.34 Å². The van der Waals surface area contributed by atoms with E-state index in [1.807, 2.05) is 4.72 Å². The molecule has 0 saturated heterocycles. The Morgan fingerprint density at radius 1 is 1.39 bits per heavy atom. The lowest BCUT2D eigenvalue weighted by atomic mass is 10.4. The smallest absolute Gasteiger partial charge is 0.321 e. The van der Waals surface area contributed by atoms with Crippen molar-refractivity contribution in [2.24, 2.45) is 0 Å². The number of rotatable bonds is 5. The van der Waals surface area contributed by atoms with Gasteiger partial charge in [0.25, 0.3) is 10.0 Å². The van der Waals surface area contributed by atoms with Crippen molar-refractivity contribution in [3.8, 4) is 0 Å². The van der Waals surface area contributed by atoms with E-state index in [0.717, 1.165) is 0 Å². The van der Waals surface area contributed by atoms with Gasteiger partial charge in [0.1, 0.15) is 6.04 Å². The van der Waals surface area contributed by atoms with E-state index in [1.165, 1.54) is 13.8 Å². The quantitative estimate of drug-likeness (QED) is 0.607. The number of nitrogens with zero attached hydrogens (tertiary/aromatic N) is 2. The number of sulfonamides is 1. The summed E-state index contributed by atoms with van der Waals surface area (Å²) >= 11 is 0.624. The summed E-state index contributed by atoms with van der Waals surface area (Å²) < 4.78 is 24.8. The number of carbonyl (C=O) groups excluding carboxylic acids is 1. The number of amides is 1. The molecule has 0 radical (unpaired) electrons. The van der Waals surface area contributed by atoms with Gasteiger partial charge in [-0.3, -0.25) is 9.59 Å². The molecule has 1 aromatic rings. The van der Waals surface area contributed by atoms with E-state index in [1.54, 1.807) is 0 Å². The van der Waals surface area contributed by atoms with Gasteiger partial charge in [0.2, 0.25) is 15.4 Å². The Morgan fingerprint density at radius 2 is 2.00 bits per heavy atom. The van der Waals surface area contributed by atoms with E-state index >= 15 is 0 Å². The number of aliphatic carboxylic acids is 1. The third-order valence-corrected chi connectivity index (χ3v) is 4.37. The summed E-state index contributed by atoms with van der Waals surface area (Å²) in [5.74, 6) is -1.73. The van der Waals surface area contributed by atoms with Crippen molar-refractivity contribution in [3.05, 3.63) is 0 Å². The maximum atomic E-state index is 11.7. The first kappa shape index (κ1) is 14.5. The fraction of sp³-hybridized carbons (Fsp3) is 0.429. The Bertz CT molecular complexity index is 566. The number of nitrogens with one attached hydrogen (secondary N) is 2. The third-order valence-electron chi connectivity index (χ3n) is 1.62. The monoisotopic (exact) mass is 294 g/mol. The summed E-state index contributed by atoms with van der Waals surface area (Å²) in [5, 5.41) is 17.7. The number of carboxylic acids is 1. The van der Waals surface area contributed by atoms with Crippen molar-refractivity contribution in [1.82, 2.24) is 14.9 Å². The highest BCUT2D eigenvalue weighted by Crippen LogP contribution is 2.19. The summed E-state index contributed by atoms with van der Waals surface area (Å²) in [6.07, 6.45) is 0. The maximum absolute atomic E-state index is 11.7. The Balaban J connectivity index is 2.89. The Morgan fingerprint density at radius 3 is 2.50 bits per heavy atom. The van der Waals surface area contributed by atoms with Gasteiger partial charge in [0.15, 0.2) is 0 Å². The molecule has 18 heavy (non-hydrogen) atoms. The van der Waals surface area contributed by atoms with Crippen molar-refractivity contribution in [1.29, 1.82) is 0 Å². The fourth-order valence-electron chi connectivity index (χ4n) is 0.853. The molecule has 11 heteroatoms. The van der Waals surface area contributed by atoms with Crippen LogP contribution in [0, 0.1) is 0 Å². The van der Waals surface area contributed by atoms with Gasteiger partial charge in [0.05, 0.1) is 0 Å². The van der Waals surface area contributed by atoms with Crippen LogP contribution in [-0.4, -0.2) is 41.6 Å². The highest BCUT2D eigenvalue weighted by Gasteiger charge is 2.25. The van der Waals surface area contributed by atoms with E-state index < -0.39 is 32.3 Å². The van der Waals surface area contributed by atoms with Crippen LogP contribution in [0.3, 0.4) is 0 Å². The number of aromatic nitrogens is 2. The van der Waals surface area contributed by atoms with Gasteiger partial charge >= 0.3 is 5.97 Å². The highest BCUT2D eigenvalue weighted by molar-refractivity contribution is 7.91. The second kappa shape index (κ2) is 5.37. The molecule has 0 spiro atoms. The van der Waals surface area contributed by atoms with E-state index in [2.05, 4.69) is 15.5 Å². The normalized spacial score (nSPS) is 13.0. The molecule has 1 amide bonds. The molecule has 3 N–H and O–H groups in total. The molecule has 100 valence electrons. The third kappa shape index (κ3) is 3.72. The summed E-state index contributed by atoms with van der Waals surface area (Å²) in [4.78, 5) is 21.3. The van der Waals surface area contributed by atoms with Gasteiger partial charge in [-0.05, 0) is 6.92 Å². The van der Waals surface area contributed by atoms with Crippen LogP contribution < -0.4 is 10.0 Å². The molecule has 1 rings (SSSR count). The van der Waals surface area contributed by atoms with Gasteiger partial charge in [-0.15, -0.1) is 10.2 Å². The minimum absolute atomic E-state index is 0.0193. The lowest BCUT2D eigenvalue weighted by molar-refractivity contribution is -0.138. The van der Waals surface area contributed by atoms with E-state index in [9.17, 15) is 18.0 Å². The molecule has 0 fully saturated rings. The lowest BCUT2D eigenvalue weighted by Gasteiger charge is -2.06. The average Bonchev–Trinajstić information content (AvgIpc) is 2.64. The van der Waals surface area contributed by atoms with Crippen LogP contribution in [-0.2, 0) is 19.6 Å². The first-order valence-electron chi connectivity index (χ1n) is 4.58. The summed E-state index contributed by atoms with van der Waals surface area (Å²) in [6.45, 7) is 2.41. The molecule has 0 aliphatic heterocycles. The van der Waals surface area contributed by atoms with Crippen molar-refractivity contribution in [2.45, 2.75) is 24.2 Å². The Labute approximate surface area is 106 Å². The molecule has 9 nitrogen and oxygen atoms in total. The van der Waals surface area contributed by atoms with Gasteiger partial charge in [-0.25, -0.2) is 8.42 Å². The van der Waals surface area contributed by atoms with Crippen molar-refractivity contribution >= 4 is 38.4 Å². The SMILES string of the molecule is CC(=O)Nc1nnc(S(=O)(=O)NC(C)C(=O)O)s1. The Kier molecular flexibility index (Phi) is 4.32. The van der Waals surface area contributed by atoms with Crippen molar-refractivity contribution in [3.63, 3.8) is 0 Å². The number of anilines is 1. The van der Waals surface area contributed by atoms with E-state index in [0.29, 0.717) is 11.3 Å². The predicted molar refractivity (Wildman–Crippen MR) is 61.6 cm³/mol. The average molecular weight is 294 g/mol. The van der Waals surface area contributed by atoms with Crippen LogP contribution in [0.2, 0.25) is 0 Å². The standard InChI is InChI=1S/C7H10N4O5S2/c1-3(5(13)14)11-18(15,16)7-10-9-6(17-7)8-4(2)12/h3,11H,1-2H3,(H,13,14)(H,8,9,12). The molecule has 1 unspecified atom stereocenters. The molecule has 0 aliphatic rings. The zero-order chi connectivity index (χ0) is 13.9. The van der Waals surface area contributed by atoms with Crippen LogP contribution in [0.4, 0.5) is 5.13 Å². The van der Waals surface area contributed by atoms with Crippen LogP contribution in [0.25, 0.3) is 0 Å². The Hall–Kier alpha value is -1.59.